The van der Waals surface area contributed by atoms with Gasteiger partial charge in [-0.15, -0.1) is 0 Å². The maximum absolute atomic E-state index is 15.5. The lowest BCUT2D eigenvalue weighted by molar-refractivity contribution is -0.138. The molecule has 0 aromatic heterocycles. The Morgan fingerprint density at radius 2 is 1.57 bits per heavy atom. The van der Waals surface area contributed by atoms with Gasteiger partial charge in [-0.05, 0) is 85.0 Å². The molecule has 2 aliphatic heterocycles. The minimum Gasteiger partial charge on any atom is -0.497 e. The normalized spacial score (nSPS) is 25.9. The van der Waals surface area contributed by atoms with Crippen LogP contribution in [0.15, 0.2) is 103 Å². The molecule has 8 rings (SSSR count). The van der Waals surface area contributed by atoms with Crippen molar-refractivity contribution in [3.8, 4) is 11.5 Å². The van der Waals surface area contributed by atoms with Gasteiger partial charge in [0, 0.05) is 21.5 Å². The Kier molecular flexibility index (Phi) is 9.42. The third kappa shape index (κ3) is 5.57. The highest BCUT2D eigenvalue weighted by Crippen LogP contribution is 2.65. The van der Waals surface area contributed by atoms with Gasteiger partial charge >= 0.3 is 0 Å². The first kappa shape index (κ1) is 36.1. The maximum Gasteiger partial charge on any atom is 0.260 e. The lowest BCUT2D eigenvalue weighted by atomic mass is 9.49. The van der Waals surface area contributed by atoms with E-state index in [2.05, 4.69) is 5.43 Å². The molecule has 4 aromatic carbocycles. The van der Waals surface area contributed by atoms with E-state index in [9.17, 15) is 19.5 Å². The van der Waals surface area contributed by atoms with Crippen LogP contribution in [0.2, 0.25) is 15.1 Å². The summed E-state index contributed by atoms with van der Waals surface area (Å²) in [7, 11) is 1.54. The van der Waals surface area contributed by atoms with Crippen molar-refractivity contribution in [2.45, 2.75) is 24.2 Å². The molecule has 6 unspecified atom stereocenters. The van der Waals surface area contributed by atoms with Gasteiger partial charge in [0.25, 0.3) is 11.8 Å². The quantitative estimate of drug-likeness (QED) is 0.135. The number of anilines is 2. The summed E-state index contributed by atoms with van der Waals surface area (Å²) in [5.41, 5.74) is 4.05. The first-order valence-electron chi connectivity index (χ1n) is 17.5. The average molecular weight is 787 g/mol. The molecule has 0 bridgehead atoms. The predicted octanol–water partition coefficient (Wildman–Crippen LogP) is 7.22. The number of allylic oxidation sites excluding steroid dienone is 2. The number of hydrazine groups is 1. The van der Waals surface area contributed by atoms with E-state index in [1.165, 1.54) is 11.0 Å². The largest absolute Gasteiger partial charge is 0.497 e. The molecule has 2 saturated heterocycles. The Hall–Kier alpha value is -4.87. The molecule has 54 heavy (non-hydrogen) atoms. The molecule has 4 aliphatic rings. The number of carbonyl (C=O) groups excluding carboxylic acids is 4. The van der Waals surface area contributed by atoms with Crippen molar-refractivity contribution in [3.05, 3.63) is 129 Å². The molecule has 3 fully saturated rings. The number of methoxy groups -OCH3 is 1. The van der Waals surface area contributed by atoms with Crippen molar-refractivity contribution >= 4 is 69.8 Å². The fourth-order valence-electron chi connectivity index (χ4n) is 9.04. The number of nitrogens with zero attached hydrogens (tertiary/aromatic N) is 2. The minimum atomic E-state index is -1.56. The number of imide groups is 2. The van der Waals surface area contributed by atoms with Crippen molar-refractivity contribution in [3.63, 3.8) is 0 Å². The molecule has 276 valence electrons. The molecule has 2 aliphatic carbocycles. The standard InChI is InChI=1S/C41H34Cl3N3O7/c1-53-26-13-6-22(7-14-26)41-31(38(50)47(40(41)52)45-33-17-10-24(43)20-32(33)44)21-30-27(36(41)28-4-2-3-5-34(28)54-19-18-48)15-16-29-35(30)39(51)46(37(29)49)25-11-8-23(42)9-12-25/h2-15,17,20,29-31,35-36,45,48H,16,18-19,21H2,1H3. The van der Waals surface area contributed by atoms with Gasteiger partial charge < -0.3 is 14.6 Å². The number of hydrogen-bond donors (Lipinski definition) is 2. The number of benzene rings is 4. The van der Waals surface area contributed by atoms with Crippen molar-refractivity contribution in [2.24, 2.45) is 23.7 Å². The SMILES string of the molecule is COc1ccc(C23C(=O)N(Nc4ccc(Cl)cc4Cl)C(=O)C2CC2C(=CCC4C(=O)N(c5ccc(Cl)cc5)C(=O)C42)C3c2ccccc2OCCO)cc1. The topological polar surface area (TPSA) is 125 Å². The number of rotatable bonds is 9. The molecule has 2 heterocycles. The Morgan fingerprint density at radius 3 is 2.28 bits per heavy atom. The molecule has 4 aromatic rings. The zero-order chi connectivity index (χ0) is 37.9. The van der Waals surface area contributed by atoms with E-state index >= 15 is 4.79 Å². The van der Waals surface area contributed by atoms with E-state index in [0.29, 0.717) is 44.0 Å². The minimum absolute atomic E-state index is 0.0193. The summed E-state index contributed by atoms with van der Waals surface area (Å²) >= 11 is 18.9. The van der Waals surface area contributed by atoms with Crippen LogP contribution in [-0.2, 0) is 24.6 Å². The van der Waals surface area contributed by atoms with Crippen molar-refractivity contribution < 1.29 is 33.8 Å². The van der Waals surface area contributed by atoms with E-state index < -0.39 is 46.8 Å². The molecule has 0 spiro atoms. The number of fused-ring (bicyclic) bond motifs is 4. The number of carbonyl (C=O) groups is 4. The van der Waals surface area contributed by atoms with Crippen LogP contribution >= 0.6 is 34.8 Å². The fraction of sp³-hybridized carbons (Fsp3) is 0.268. The fourth-order valence-corrected chi connectivity index (χ4v) is 9.62. The van der Waals surface area contributed by atoms with Gasteiger partial charge in [-0.25, -0.2) is 0 Å². The highest BCUT2D eigenvalue weighted by Gasteiger charge is 2.70. The van der Waals surface area contributed by atoms with Crippen LogP contribution in [0, 0.1) is 23.7 Å². The molecule has 10 nitrogen and oxygen atoms in total. The highest BCUT2D eigenvalue weighted by atomic mass is 35.5. The van der Waals surface area contributed by atoms with Crippen LogP contribution in [0.25, 0.3) is 0 Å². The van der Waals surface area contributed by atoms with E-state index in [4.69, 9.17) is 44.3 Å². The van der Waals surface area contributed by atoms with E-state index in [0.717, 1.165) is 10.6 Å². The van der Waals surface area contributed by atoms with Crippen molar-refractivity contribution in [2.75, 3.05) is 30.6 Å². The van der Waals surface area contributed by atoms with Crippen LogP contribution in [0.4, 0.5) is 11.4 Å². The zero-order valence-electron chi connectivity index (χ0n) is 28.9. The number of amides is 4. The summed E-state index contributed by atoms with van der Waals surface area (Å²) < 4.78 is 11.6. The molecule has 4 amide bonds. The van der Waals surface area contributed by atoms with Crippen LogP contribution in [0.1, 0.15) is 29.9 Å². The summed E-state index contributed by atoms with van der Waals surface area (Å²) in [5, 5.41) is 11.8. The molecule has 1 saturated carbocycles. The van der Waals surface area contributed by atoms with Crippen molar-refractivity contribution in [1.29, 1.82) is 0 Å². The number of halogens is 3. The van der Waals surface area contributed by atoms with Gasteiger partial charge in [-0.2, -0.15) is 5.01 Å². The molecule has 6 atom stereocenters. The summed E-state index contributed by atoms with van der Waals surface area (Å²) in [6.45, 7) is -0.275. The molecular formula is C41H34Cl3N3O7. The van der Waals surface area contributed by atoms with Gasteiger partial charge in [-0.3, -0.25) is 29.5 Å². The average Bonchev–Trinajstić information content (AvgIpc) is 3.56. The van der Waals surface area contributed by atoms with Gasteiger partial charge in [0.15, 0.2) is 0 Å². The van der Waals surface area contributed by atoms with Gasteiger partial charge in [-0.1, -0.05) is 76.8 Å². The van der Waals surface area contributed by atoms with Gasteiger partial charge in [0.05, 0.1) is 53.3 Å². The number of aliphatic hydroxyl groups is 1. The molecule has 13 heteroatoms. The molecular weight excluding hydrogens is 753 g/mol. The third-order valence-corrected chi connectivity index (χ3v) is 12.0. The van der Waals surface area contributed by atoms with E-state index in [1.807, 2.05) is 18.2 Å². The smallest absolute Gasteiger partial charge is 0.260 e. The third-order valence-electron chi connectivity index (χ3n) is 11.2. The van der Waals surface area contributed by atoms with Crippen LogP contribution in [-0.4, -0.2) is 54.1 Å². The van der Waals surface area contributed by atoms with Gasteiger partial charge in [0.2, 0.25) is 11.8 Å². The maximum atomic E-state index is 15.5. The predicted molar refractivity (Wildman–Crippen MR) is 204 cm³/mol. The molecule has 0 radical (unpaired) electrons. The second-order valence-corrected chi connectivity index (χ2v) is 15.1. The second kappa shape index (κ2) is 14.1. The summed E-state index contributed by atoms with van der Waals surface area (Å²) in [4.78, 5) is 60.3. The zero-order valence-corrected chi connectivity index (χ0v) is 31.1. The first-order chi connectivity index (χ1) is 26.1. The van der Waals surface area contributed by atoms with Gasteiger partial charge in [0.1, 0.15) is 18.1 Å². The van der Waals surface area contributed by atoms with Crippen LogP contribution in [0.3, 0.4) is 0 Å². The van der Waals surface area contributed by atoms with Crippen LogP contribution in [0.5, 0.6) is 11.5 Å². The number of para-hydroxylation sites is 1. The Bertz CT molecular complexity index is 2210. The van der Waals surface area contributed by atoms with Crippen molar-refractivity contribution in [1.82, 2.24) is 5.01 Å². The summed E-state index contributed by atoms with van der Waals surface area (Å²) in [6, 6.07) is 25.5. The lowest BCUT2D eigenvalue weighted by Gasteiger charge is -2.50. The Morgan fingerprint density at radius 1 is 0.852 bits per heavy atom. The number of aliphatic hydroxyl groups excluding tert-OH is 1. The first-order valence-corrected chi connectivity index (χ1v) is 18.6. The highest BCUT2D eigenvalue weighted by molar-refractivity contribution is 6.36. The number of ether oxygens (including phenoxy) is 2. The summed E-state index contributed by atoms with van der Waals surface area (Å²) in [5.74, 6) is -4.71. The number of hydrogen-bond acceptors (Lipinski definition) is 8. The van der Waals surface area contributed by atoms with E-state index in [-0.39, 0.29) is 42.9 Å². The number of nitrogens with one attached hydrogen (secondary N) is 1. The lowest BCUT2D eigenvalue weighted by Crippen LogP contribution is -2.53. The molecule has 2 N–H and O–H groups in total. The van der Waals surface area contributed by atoms with Crippen LogP contribution < -0.4 is 19.8 Å². The Balaban J connectivity index is 1.34. The Labute approximate surface area is 326 Å². The second-order valence-electron chi connectivity index (χ2n) is 13.8. The summed E-state index contributed by atoms with van der Waals surface area (Å²) in [6.07, 6.45) is 2.32. The van der Waals surface area contributed by atoms with E-state index in [1.54, 1.807) is 79.9 Å². The monoisotopic (exact) mass is 785 g/mol.